The second kappa shape index (κ2) is 4.09. The Morgan fingerprint density at radius 2 is 2.21 bits per heavy atom. The Kier molecular flexibility index (Phi) is 3.26. The lowest BCUT2D eigenvalue weighted by atomic mass is 9.79. The second-order valence-corrected chi connectivity index (χ2v) is 3.99. The van der Waals surface area contributed by atoms with Crippen LogP contribution in [0, 0.1) is 5.41 Å². The number of ketones is 1. The van der Waals surface area contributed by atoms with Crippen molar-refractivity contribution in [2.75, 3.05) is 6.79 Å². The van der Waals surface area contributed by atoms with Gasteiger partial charge in [0.25, 0.3) is 0 Å². The number of hydrogen-bond donors (Lipinski definition) is 0. The van der Waals surface area contributed by atoms with Gasteiger partial charge in [0.1, 0.15) is 5.78 Å². The first kappa shape index (κ1) is 11.2. The summed E-state index contributed by atoms with van der Waals surface area (Å²) >= 11 is 0. The number of hydrogen-bond acceptors (Lipinski definition) is 4. The van der Waals surface area contributed by atoms with Crippen LogP contribution in [0.1, 0.15) is 33.6 Å². The highest BCUT2D eigenvalue weighted by atomic mass is 16.7. The highest BCUT2D eigenvalue weighted by Crippen LogP contribution is 2.30. The summed E-state index contributed by atoms with van der Waals surface area (Å²) in [5, 5.41) is 0. The van der Waals surface area contributed by atoms with Gasteiger partial charge in [0.15, 0.2) is 6.79 Å². The first-order valence-electron chi connectivity index (χ1n) is 4.79. The van der Waals surface area contributed by atoms with Gasteiger partial charge in [-0.2, -0.15) is 0 Å². The van der Waals surface area contributed by atoms with Crippen molar-refractivity contribution in [3.05, 3.63) is 0 Å². The lowest BCUT2D eigenvalue weighted by Crippen LogP contribution is -2.43. The van der Waals surface area contributed by atoms with Gasteiger partial charge in [-0.3, -0.25) is 9.59 Å². The highest BCUT2D eigenvalue weighted by Gasteiger charge is 2.39. The van der Waals surface area contributed by atoms with E-state index in [4.69, 9.17) is 4.74 Å². The molecule has 1 rings (SSSR count). The molecule has 0 aromatic heterocycles. The van der Waals surface area contributed by atoms with Gasteiger partial charge in [-0.1, -0.05) is 20.8 Å². The molecule has 0 N–H and O–H groups in total. The van der Waals surface area contributed by atoms with E-state index in [2.05, 4.69) is 4.74 Å². The van der Waals surface area contributed by atoms with Crippen molar-refractivity contribution in [2.24, 2.45) is 5.41 Å². The Labute approximate surface area is 83.6 Å². The predicted octanol–water partition coefficient (Wildman–Crippen LogP) is 1.28. The summed E-state index contributed by atoms with van der Waals surface area (Å²) in [5.74, 6) is -0.185. The van der Waals surface area contributed by atoms with E-state index in [0.29, 0.717) is 6.42 Å². The molecule has 1 aliphatic rings. The molecule has 0 unspecified atom stereocenters. The number of rotatable bonds is 3. The SMILES string of the molecule is CCC(=O)C(C)(C)[C@@H]1CC(=O)OCO1. The third-order valence-corrected chi connectivity index (χ3v) is 2.69. The summed E-state index contributed by atoms with van der Waals surface area (Å²) in [7, 11) is 0. The summed E-state index contributed by atoms with van der Waals surface area (Å²) in [5.41, 5.74) is -0.603. The molecule has 4 nitrogen and oxygen atoms in total. The number of esters is 1. The Bertz CT molecular complexity index is 245. The van der Waals surface area contributed by atoms with Crippen molar-refractivity contribution in [3.8, 4) is 0 Å². The van der Waals surface area contributed by atoms with E-state index in [9.17, 15) is 9.59 Å². The van der Waals surface area contributed by atoms with Crippen LogP contribution >= 0.6 is 0 Å². The first-order valence-corrected chi connectivity index (χ1v) is 4.79. The van der Waals surface area contributed by atoms with E-state index in [0.717, 1.165) is 0 Å². The Morgan fingerprint density at radius 1 is 1.57 bits per heavy atom. The molecule has 0 spiro atoms. The molecule has 0 bridgehead atoms. The van der Waals surface area contributed by atoms with E-state index in [1.807, 2.05) is 20.8 Å². The van der Waals surface area contributed by atoms with Crippen molar-refractivity contribution in [1.29, 1.82) is 0 Å². The van der Waals surface area contributed by atoms with Crippen LogP contribution in [0.15, 0.2) is 0 Å². The molecule has 0 amide bonds. The van der Waals surface area contributed by atoms with Gasteiger partial charge >= 0.3 is 5.97 Å². The zero-order valence-electron chi connectivity index (χ0n) is 8.83. The molecule has 0 saturated carbocycles. The summed E-state index contributed by atoms with van der Waals surface area (Å²) in [6, 6.07) is 0. The molecule has 0 aromatic carbocycles. The summed E-state index contributed by atoms with van der Waals surface area (Å²) < 4.78 is 9.92. The van der Waals surface area contributed by atoms with Gasteiger partial charge in [-0.05, 0) is 0 Å². The van der Waals surface area contributed by atoms with Gasteiger partial charge in [0.2, 0.25) is 0 Å². The molecule has 1 atom stereocenters. The minimum atomic E-state index is -0.603. The van der Waals surface area contributed by atoms with Crippen LogP contribution in [-0.4, -0.2) is 24.6 Å². The fourth-order valence-electron chi connectivity index (χ4n) is 1.55. The smallest absolute Gasteiger partial charge is 0.310 e. The highest BCUT2D eigenvalue weighted by molar-refractivity contribution is 5.85. The Hall–Kier alpha value is -0.900. The van der Waals surface area contributed by atoms with E-state index in [1.165, 1.54) is 0 Å². The molecular weight excluding hydrogens is 184 g/mol. The summed E-state index contributed by atoms with van der Waals surface area (Å²) in [4.78, 5) is 22.6. The zero-order chi connectivity index (χ0) is 10.8. The molecule has 80 valence electrons. The summed E-state index contributed by atoms with van der Waals surface area (Å²) in [6.45, 7) is 5.39. The molecule has 14 heavy (non-hydrogen) atoms. The van der Waals surface area contributed by atoms with Crippen LogP contribution in [0.4, 0.5) is 0 Å². The fraction of sp³-hybridized carbons (Fsp3) is 0.800. The maximum atomic E-state index is 11.6. The lowest BCUT2D eigenvalue weighted by molar-refractivity contribution is -0.193. The number of carbonyl (C=O) groups is 2. The summed E-state index contributed by atoms with van der Waals surface area (Å²) in [6.07, 6.45) is 0.275. The average molecular weight is 200 g/mol. The molecule has 0 aromatic rings. The van der Waals surface area contributed by atoms with Gasteiger partial charge in [-0.15, -0.1) is 0 Å². The van der Waals surface area contributed by atoms with Crippen LogP contribution in [0.3, 0.4) is 0 Å². The minimum absolute atomic E-state index is 0.0378. The van der Waals surface area contributed by atoms with Crippen LogP contribution in [0.5, 0.6) is 0 Å². The second-order valence-electron chi connectivity index (χ2n) is 3.99. The maximum Gasteiger partial charge on any atom is 0.310 e. The maximum absolute atomic E-state index is 11.6. The number of ether oxygens (including phenoxy) is 2. The van der Waals surface area contributed by atoms with E-state index < -0.39 is 5.41 Å². The molecule has 0 aliphatic carbocycles. The molecule has 1 fully saturated rings. The third kappa shape index (κ3) is 2.12. The van der Waals surface area contributed by atoms with Crippen molar-refractivity contribution in [3.63, 3.8) is 0 Å². The Morgan fingerprint density at radius 3 is 2.71 bits per heavy atom. The van der Waals surface area contributed by atoms with E-state index in [1.54, 1.807) is 0 Å². The topological polar surface area (TPSA) is 52.6 Å². The van der Waals surface area contributed by atoms with Crippen LogP contribution < -0.4 is 0 Å². The van der Waals surface area contributed by atoms with Gasteiger partial charge in [0, 0.05) is 6.42 Å². The average Bonchev–Trinajstić information content (AvgIpc) is 2.16. The normalized spacial score (nSPS) is 23.1. The molecular formula is C10H16O4. The monoisotopic (exact) mass is 200 g/mol. The van der Waals surface area contributed by atoms with Crippen molar-refractivity contribution in [1.82, 2.24) is 0 Å². The zero-order valence-corrected chi connectivity index (χ0v) is 8.83. The first-order chi connectivity index (χ1) is 6.48. The minimum Gasteiger partial charge on any atom is -0.438 e. The Balaban J connectivity index is 2.70. The van der Waals surface area contributed by atoms with Gasteiger partial charge in [0.05, 0.1) is 17.9 Å². The molecule has 0 radical (unpaired) electrons. The quantitative estimate of drug-likeness (QED) is 0.644. The van der Waals surface area contributed by atoms with E-state index >= 15 is 0 Å². The number of Topliss-reactive ketones (excluding diaryl/α,β-unsaturated/α-hetero) is 1. The number of cyclic esters (lactones) is 1. The van der Waals surface area contributed by atoms with Crippen molar-refractivity contribution in [2.45, 2.75) is 39.7 Å². The predicted molar refractivity (Wildman–Crippen MR) is 49.5 cm³/mol. The third-order valence-electron chi connectivity index (χ3n) is 2.69. The van der Waals surface area contributed by atoms with Crippen LogP contribution in [0.25, 0.3) is 0 Å². The molecule has 1 heterocycles. The van der Waals surface area contributed by atoms with Gasteiger partial charge in [-0.25, -0.2) is 0 Å². The molecule has 1 aliphatic heterocycles. The van der Waals surface area contributed by atoms with Crippen LogP contribution in [0.2, 0.25) is 0 Å². The lowest BCUT2D eigenvalue weighted by Gasteiger charge is -2.34. The largest absolute Gasteiger partial charge is 0.438 e. The van der Waals surface area contributed by atoms with Crippen LogP contribution in [-0.2, 0) is 19.1 Å². The fourth-order valence-corrected chi connectivity index (χ4v) is 1.55. The van der Waals surface area contributed by atoms with Crippen molar-refractivity contribution < 1.29 is 19.1 Å². The van der Waals surface area contributed by atoms with Gasteiger partial charge < -0.3 is 9.47 Å². The van der Waals surface area contributed by atoms with Crippen molar-refractivity contribution >= 4 is 11.8 Å². The molecule has 1 saturated heterocycles. The van der Waals surface area contributed by atoms with E-state index in [-0.39, 0.29) is 31.1 Å². The molecule has 4 heteroatoms. The number of carbonyl (C=O) groups excluding carboxylic acids is 2. The standard InChI is InChI=1S/C10H16O4/c1-4-7(11)10(2,3)8-5-9(12)14-6-13-8/h8H,4-6H2,1-3H3/t8-/m0/s1.